The smallest absolute Gasteiger partial charge is 0.253 e. The van der Waals surface area contributed by atoms with E-state index in [4.69, 9.17) is 0 Å². The molecule has 0 aliphatic heterocycles. The third kappa shape index (κ3) is 3.06. The van der Waals surface area contributed by atoms with E-state index in [1.54, 1.807) is 19.0 Å². The first-order chi connectivity index (χ1) is 12.0. The van der Waals surface area contributed by atoms with Crippen LogP contribution in [0.25, 0.3) is 5.57 Å². The van der Waals surface area contributed by atoms with Crippen LogP contribution in [0.5, 0.6) is 0 Å². The first kappa shape index (κ1) is 20.2. The van der Waals surface area contributed by atoms with E-state index >= 15 is 0 Å². The minimum Gasteiger partial charge on any atom is -0.349 e. The number of likely N-dealkylation sites (N-methyl/N-ethyl adjacent to an activating group) is 1. The maximum atomic E-state index is 13.0. The van der Waals surface area contributed by atoms with E-state index in [0.29, 0.717) is 17.8 Å². The molecule has 0 bridgehead atoms. The van der Waals surface area contributed by atoms with Gasteiger partial charge >= 0.3 is 0 Å². The number of hydrogen-bond acceptors (Lipinski definition) is 2. The molecule has 0 N–H and O–H groups in total. The van der Waals surface area contributed by atoms with Gasteiger partial charge in [0.1, 0.15) is 0 Å². The van der Waals surface area contributed by atoms with Crippen LogP contribution in [0.4, 0.5) is 0 Å². The van der Waals surface area contributed by atoms with Crippen LogP contribution in [0.2, 0.25) is 0 Å². The molecule has 1 aliphatic rings. The van der Waals surface area contributed by atoms with E-state index in [9.17, 15) is 4.79 Å². The molecule has 4 nitrogen and oxygen atoms in total. The van der Waals surface area contributed by atoms with E-state index in [1.165, 1.54) is 33.4 Å². The molecule has 0 aromatic heterocycles. The van der Waals surface area contributed by atoms with Gasteiger partial charge in [0, 0.05) is 34.3 Å². The Balaban J connectivity index is 2.60. The Morgan fingerprint density at radius 3 is 1.96 bits per heavy atom. The van der Waals surface area contributed by atoms with Crippen LogP contribution in [0.1, 0.15) is 53.1 Å². The highest BCUT2D eigenvalue weighted by Crippen LogP contribution is 2.49. The van der Waals surface area contributed by atoms with Gasteiger partial charge in [0.25, 0.3) is 5.91 Å². The highest BCUT2D eigenvalue weighted by atomic mass is 16.2. The van der Waals surface area contributed by atoms with E-state index in [2.05, 4.69) is 46.5 Å². The molecule has 0 spiro atoms. The van der Waals surface area contributed by atoms with Crippen molar-refractivity contribution in [1.29, 1.82) is 0 Å². The maximum absolute atomic E-state index is 13.0. The van der Waals surface area contributed by atoms with Crippen molar-refractivity contribution < 1.29 is 4.79 Å². The normalized spacial score (nSPS) is 21.2. The number of benzene rings is 1. The van der Waals surface area contributed by atoms with Gasteiger partial charge in [-0.3, -0.25) is 14.7 Å². The number of amides is 1. The summed E-state index contributed by atoms with van der Waals surface area (Å²) < 4.78 is 0. The number of rotatable bonds is 1. The number of aliphatic imine (C=N–C) groups is 1. The number of fused-ring (bicyclic) bond motifs is 1. The average molecular weight is 356 g/mol. The van der Waals surface area contributed by atoms with Crippen molar-refractivity contribution in [2.75, 3.05) is 28.2 Å². The van der Waals surface area contributed by atoms with Gasteiger partial charge in [0.05, 0.1) is 0 Å². The summed E-state index contributed by atoms with van der Waals surface area (Å²) in [7, 11) is 7.29. The zero-order chi connectivity index (χ0) is 19.9. The minimum absolute atomic E-state index is 0.0310. The van der Waals surface area contributed by atoms with Gasteiger partial charge in [-0.15, -0.1) is 0 Å². The molecule has 26 heavy (non-hydrogen) atoms. The van der Waals surface area contributed by atoms with Crippen LogP contribution in [0, 0.1) is 33.6 Å². The number of hydrogen-bond donors (Lipinski definition) is 0. The molecule has 0 saturated heterocycles. The van der Waals surface area contributed by atoms with Crippen LogP contribution in [-0.4, -0.2) is 49.9 Å². The van der Waals surface area contributed by atoms with Gasteiger partial charge in [-0.1, -0.05) is 13.8 Å². The Bertz CT molecular complexity index is 802. The standard InChI is InChI=1S/C22H33N3O/c1-12-13(2)16(5)21-18(14(3)17(6)20(21)15(12)4)11-19(26)25(10)22(23-7)24(8)9/h11,14,17H,1-10H3/b18-11+,23-22?. The fourth-order valence-electron chi connectivity index (χ4n) is 4.21. The molecule has 2 rings (SSSR count). The number of nitrogens with zero attached hydrogens (tertiary/aromatic N) is 3. The van der Waals surface area contributed by atoms with Crippen LogP contribution in [0.3, 0.4) is 0 Å². The predicted molar refractivity (Wildman–Crippen MR) is 111 cm³/mol. The van der Waals surface area contributed by atoms with E-state index in [1.807, 2.05) is 25.1 Å². The first-order valence-electron chi connectivity index (χ1n) is 9.28. The summed E-state index contributed by atoms with van der Waals surface area (Å²) in [6.45, 7) is 13.3. The molecule has 2 unspecified atom stereocenters. The maximum Gasteiger partial charge on any atom is 0.253 e. The van der Waals surface area contributed by atoms with E-state index in [-0.39, 0.29) is 5.91 Å². The van der Waals surface area contributed by atoms with Gasteiger partial charge in [-0.25, -0.2) is 0 Å². The summed E-state index contributed by atoms with van der Waals surface area (Å²) >= 11 is 0. The first-order valence-corrected chi connectivity index (χ1v) is 9.28. The Hall–Kier alpha value is -2.10. The second-order valence-electron chi connectivity index (χ2n) is 7.78. The topological polar surface area (TPSA) is 35.9 Å². The molecule has 2 atom stereocenters. The van der Waals surface area contributed by atoms with Crippen molar-refractivity contribution >= 4 is 17.4 Å². The van der Waals surface area contributed by atoms with Crippen molar-refractivity contribution in [3.63, 3.8) is 0 Å². The fourth-order valence-corrected chi connectivity index (χ4v) is 4.21. The molecule has 0 saturated carbocycles. The fraction of sp³-hybridized carbons (Fsp3) is 0.545. The molecule has 1 aromatic rings. The Labute approximate surface area is 158 Å². The molecular formula is C22H33N3O. The second kappa shape index (κ2) is 7.26. The van der Waals surface area contributed by atoms with Crippen molar-refractivity contribution in [2.24, 2.45) is 10.9 Å². The molecule has 4 heteroatoms. The largest absolute Gasteiger partial charge is 0.349 e. The lowest BCUT2D eigenvalue weighted by molar-refractivity contribution is -0.121. The Kier molecular flexibility index (Phi) is 5.64. The number of guanidine groups is 1. The number of carbonyl (C=O) groups is 1. The SMILES string of the molecule is CN=C(N(C)C)N(C)C(=O)/C=C1/c2c(C)c(C)c(C)c(C)c2C(C)C1C. The van der Waals surface area contributed by atoms with Gasteiger partial charge in [0.2, 0.25) is 5.96 Å². The highest BCUT2D eigenvalue weighted by Gasteiger charge is 2.35. The van der Waals surface area contributed by atoms with E-state index in [0.717, 1.165) is 5.57 Å². The summed E-state index contributed by atoms with van der Waals surface area (Å²) in [6, 6.07) is 0. The van der Waals surface area contributed by atoms with Gasteiger partial charge in [-0.05, 0) is 78.5 Å². The molecule has 1 amide bonds. The minimum atomic E-state index is -0.0310. The monoisotopic (exact) mass is 355 g/mol. The summed E-state index contributed by atoms with van der Waals surface area (Å²) in [4.78, 5) is 20.7. The molecule has 142 valence electrons. The van der Waals surface area contributed by atoms with Gasteiger partial charge in [0.15, 0.2) is 0 Å². The zero-order valence-corrected chi connectivity index (χ0v) is 18.0. The number of allylic oxidation sites excluding steroid dienone is 1. The lowest BCUT2D eigenvalue weighted by Crippen LogP contribution is -2.41. The van der Waals surface area contributed by atoms with Crippen molar-refractivity contribution in [3.8, 4) is 0 Å². The second-order valence-corrected chi connectivity index (χ2v) is 7.78. The third-order valence-electron chi connectivity index (χ3n) is 6.23. The average Bonchev–Trinajstić information content (AvgIpc) is 2.83. The molecule has 1 aliphatic carbocycles. The molecule has 1 aromatic carbocycles. The van der Waals surface area contributed by atoms with Crippen molar-refractivity contribution in [3.05, 3.63) is 39.5 Å². The lowest BCUT2D eigenvalue weighted by Gasteiger charge is -2.24. The molecule has 0 fully saturated rings. The Morgan fingerprint density at radius 2 is 1.46 bits per heavy atom. The van der Waals surface area contributed by atoms with Crippen LogP contribution >= 0.6 is 0 Å². The quantitative estimate of drug-likeness (QED) is 0.433. The third-order valence-corrected chi connectivity index (χ3v) is 6.23. The van der Waals surface area contributed by atoms with Crippen LogP contribution in [0.15, 0.2) is 11.1 Å². The van der Waals surface area contributed by atoms with Crippen LogP contribution < -0.4 is 0 Å². The highest BCUT2D eigenvalue weighted by molar-refractivity contribution is 6.06. The molecule has 0 radical (unpaired) electrons. The Morgan fingerprint density at radius 1 is 0.923 bits per heavy atom. The van der Waals surface area contributed by atoms with Crippen molar-refractivity contribution in [2.45, 2.75) is 47.5 Å². The van der Waals surface area contributed by atoms with E-state index < -0.39 is 0 Å². The molecular weight excluding hydrogens is 322 g/mol. The molecule has 0 heterocycles. The predicted octanol–water partition coefficient (Wildman–Crippen LogP) is 4.06. The number of carbonyl (C=O) groups excluding carboxylic acids is 1. The summed E-state index contributed by atoms with van der Waals surface area (Å²) in [5, 5.41) is 0. The van der Waals surface area contributed by atoms with Gasteiger partial charge < -0.3 is 4.90 Å². The summed E-state index contributed by atoms with van der Waals surface area (Å²) in [5.74, 6) is 1.36. The van der Waals surface area contributed by atoms with Crippen molar-refractivity contribution in [1.82, 2.24) is 9.80 Å². The van der Waals surface area contributed by atoms with Crippen LogP contribution in [-0.2, 0) is 4.79 Å². The summed E-state index contributed by atoms with van der Waals surface area (Å²) in [6.07, 6.45) is 1.82. The lowest BCUT2D eigenvalue weighted by atomic mass is 9.87. The van der Waals surface area contributed by atoms with Gasteiger partial charge in [-0.2, -0.15) is 0 Å². The zero-order valence-electron chi connectivity index (χ0n) is 18.0. The summed E-state index contributed by atoms with van der Waals surface area (Å²) in [5.41, 5.74) is 9.23.